The minimum Gasteiger partial charge on any atom is -1.00 e. The van der Waals surface area contributed by atoms with Crippen LogP contribution in [0.5, 0.6) is 5.75 Å². The number of methoxy groups -OCH3 is 1. The van der Waals surface area contributed by atoms with Crippen LogP contribution in [0.2, 0.25) is 5.02 Å². The normalized spacial score (nSPS) is 10.5. The average molecular weight is 315 g/mol. The van der Waals surface area contributed by atoms with Crippen LogP contribution in [0.15, 0.2) is 36.4 Å². The molecule has 0 aliphatic rings. The van der Waals surface area contributed by atoms with E-state index in [1.807, 2.05) is 32.0 Å². The molecule has 0 saturated carbocycles. The number of carbonyl (C=O) groups is 1. The summed E-state index contributed by atoms with van der Waals surface area (Å²) in [6.07, 6.45) is 0. The fraction of sp³-hybridized carbons (Fsp3) is 0.188. The van der Waals surface area contributed by atoms with Gasteiger partial charge < -0.3 is 6.16 Å². The van der Waals surface area contributed by atoms with E-state index in [0.717, 1.165) is 16.4 Å². The molecular weight excluding hydrogens is 298 g/mol. The average Bonchev–Trinajstić information content (AvgIpc) is 2.42. The van der Waals surface area contributed by atoms with Gasteiger partial charge in [-0.25, -0.2) is 0 Å². The Morgan fingerprint density at radius 2 is 1.71 bits per heavy atom. The molecule has 0 aliphatic heterocycles. The summed E-state index contributed by atoms with van der Waals surface area (Å²) in [5.41, 5.74) is 2.73. The van der Waals surface area contributed by atoms with Crippen molar-refractivity contribution < 1.29 is 29.8 Å². The Balaban J connectivity index is 0.00000220. The van der Waals surface area contributed by atoms with Crippen molar-refractivity contribution in [3.8, 4) is 5.75 Å². The first-order valence-corrected chi connectivity index (χ1v) is 7.62. The maximum Gasteiger partial charge on any atom is 1.00 e. The number of halogens is 1. The molecule has 2 rings (SSSR count). The third-order valence-corrected chi connectivity index (χ3v) is 4.97. The number of rotatable bonds is 4. The number of hydrogen-bond donors (Lipinski definition) is 0. The fourth-order valence-electron chi connectivity index (χ4n) is 2.08. The van der Waals surface area contributed by atoms with Gasteiger partial charge in [0, 0.05) is 0 Å². The molecule has 0 spiro atoms. The third kappa shape index (κ3) is 4.12. The van der Waals surface area contributed by atoms with Crippen molar-refractivity contribution in [2.45, 2.75) is 13.8 Å². The van der Waals surface area contributed by atoms with Crippen molar-refractivity contribution in [3.63, 3.8) is 0 Å². The van der Waals surface area contributed by atoms with Crippen molar-refractivity contribution in [2.24, 2.45) is 0 Å². The van der Waals surface area contributed by atoms with E-state index < -0.39 is 0 Å². The summed E-state index contributed by atoms with van der Waals surface area (Å²) in [5, 5.41) is 1.52. The van der Waals surface area contributed by atoms with Crippen molar-refractivity contribution in [1.82, 2.24) is 0 Å². The first-order valence-electron chi connectivity index (χ1n) is 6.24. The monoisotopic (exact) mass is 314 g/mol. The molecule has 0 fully saturated rings. The maximum absolute atomic E-state index is 12.6. The van der Waals surface area contributed by atoms with Crippen LogP contribution < -0.4 is 28.9 Å². The SMILES string of the molecule is COc1cccc(Cl)c1C(=O)Pc1c(C)cccc1C.[H-].[Li+]. The number of aryl methyl sites for hydroxylation is 2. The van der Waals surface area contributed by atoms with Crippen LogP contribution in [-0.4, -0.2) is 12.6 Å². The summed E-state index contributed by atoms with van der Waals surface area (Å²) in [4.78, 5) is 12.6. The van der Waals surface area contributed by atoms with Gasteiger partial charge in [-0.05, 0) is 51.0 Å². The summed E-state index contributed by atoms with van der Waals surface area (Å²) in [5.74, 6) is 0.529. The molecule has 5 heteroatoms. The predicted molar refractivity (Wildman–Crippen MR) is 87.3 cm³/mol. The van der Waals surface area contributed by atoms with Gasteiger partial charge in [0.15, 0.2) is 5.52 Å². The topological polar surface area (TPSA) is 26.3 Å². The molecule has 0 heterocycles. The zero-order valence-electron chi connectivity index (χ0n) is 13.7. The molecule has 0 radical (unpaired) electrons. The van der Waals surface area contributed by atoms with Gasteiger partial charge >= 0.3 is 18.9 Å². The second-order valence-electron chi connectivity index (χ2n) is 4.54. The molecule has 0 saturated heterocycles. The summed E-state index contributed by atoms with van der Waals surface area (Å²) in [6.45, 7) is 4.04. The molecular formula is C16H17ClLiO2P. The number of ether oxygens (including phenoxy) is 1. The molecule has 0 aliphatic carbocycles. The summed E-state index contributed by atoms with van der Waals surface area (Å²) in [6, 6.07) is 11.3. The summed E-state index contributed by atoms with van der Waals surface area (Å²) >= 11 is 6.15. The maximum atomic E-state index is 12.6. The van der Waals surface area contributed by atoms with Gasteiger partial charge in [0.2, 0.25) is 0 Å². The van der Waals surface area contributed by atoms with E-state index in [1.54, 1.807) is 25.3 Å². The number of hydrogen-bond acceptors (Lipinski definition) is 2. The molecule has 106 valence electrons. The van der Waals surface area contributed by atoms with E-state index in [2.05, 4.69) is 0 Å². The van der Waals surface area contributed by atoms with Gasteiger partial charge in [-0.15, -0.1) is 0 Å². The van der Waals surface area contributed by atoms with E-state index in [4.69, 9.17) is 16.3 Å². The van der Waals surface area contributed by atoms with Crippen LogP contribution in [0.25, 0.3) is 0 Å². The zero-order valence-corrected chi connectivity index (χ0v) is 14.4. The predicted octanol–water partition coefficient (Wildman–Crippen LogP) is 1.23. The van der Waals surface area contributed by atoms with Crippen LogP contribution in [-0.2, 0) is 0 Å². The van der Waals surface area contributed by atoms with Gasteiger partial charge in [0.25, 0.3) is 0 Å². The quantitative estimate of drug-likeness (QED) is 0.627. The van der Waals surface area contributed by atoms with Crippen LogP contribution in [0.1, 0.15) is 22.9 Å². The Kier molecular flexibility index (Phi) is 6.98. The van der Waals surface area contributed by atoms with Crippen molar-refractivity contribution in [1.29, 1.82) is 0 Å². The molecule has 1 atom stereocenters. The molecule has 0 aromatic heterocycles. The second-order valence-corrected chi connectivity index (χ2v) is 6.15. The van der Waals surface area contributed by atoms with Crippen LogP contribution in [0.3, 0.4) is 0 Å². The molecule has 2 nitrogen and oxygen atoms in total. The minimum absolute atomic E-state index is 0. The van der Waals surface area contributed by atoms with Gasteiger partial charge in [-0.3, -0.25) is 4.79 Å². The second kappa shape index (κ2) is 8.02. The first-order chi connectivity index (χ1) is 9.54. The van der Waals surface area contributed by atoms with Gasteiger partial charge in [0.1, 0.15) is 5.75 Å². The molecule has 21 heavy (non-hydrogen) atoms. The Morgan fingerprint density at radius 1 is 1.14 bits per heavy atom. The van der Waals surface area contributed by atoms with Crippen LogP contribution >= 0.6 is 20.2 Å². The molecule has 0 N–H and O–H groups in total. The molecule has 0 amide bonds. The molecule has 0 bridgehead atoms. The van der Waals surface area contributed by atoms with Crippen molar-refractivity contribution >= 4 is 31.0 Å². The van der Waals surface area contributed by atoms with E-state index in [9.17, 15) is 4.79 Å². The van der Waals surface area contributed by atoms with Gasteiger partial charge in [0.05, 0.1) is 17.7 Å². The van der Waals surface area contributed by atoms with Crippen LogP contribution in [0.4, 0.5) is 0 Å². The fourth-order valence-corrected chi connectivity index (χ4v) is 3.58. The van der Waals surface area contributed by atoms with E-state index >= 15 is 0 Å². The number of carbonyl (C=O) groups excluding carboxylic acids is 1. The standard InChI is InChI=1S/C16H16ClO2P.Li.H/c1-10-6-4-7-11(2)15(10)20-16(18)14-12(17)8-5-9-13(14)19-3;;/h4-9,20H,1-3H3;;/q;+1;-1. The summed E-state index contributed by atoms with van der Waals surface area (Å²) in [7, 11) is 1.59. The van der Waals surface area contributed by atoms with Crippen LogP contribution in [0, 0.1) is 13.8 Å². The largest absolute Gasteiger partial charge is 1.00 e. The Bertz CT molecular complexity index is 644. The minimum atomic E-state index is 0. The van der Waals surface area contributed by atoms with Gasteiger partial charge in [-0.1, -0.05) is 35.9 Å². The van der Waals surface area contributed by atoms with E-state index in [1.165, 1.54) is 0 Å². The van der Waals surface area contributed by atoms with Crippen molar-refractivity contribution in [3.05, 3.63) is 58.1 Å². The van der Waals surface area contributed by atoms with Crippen molar-refractivity contribution in [2.75, 3.05) is 7.11 Å². The smallest absolute Gasteiger partial charge is 1.00 e. The van der Waals surface area contributed by atoms with Gasteiger partial charge in [-0.2, -0.15) is 0 Å². The molecule has 2 aromatic rings. The first kappa shape index (κ1) is 18.3. The van der Waals surface area contributed by atoms with E-state index in [0.29, 0.717) is 16.3 Å². The third-order valence-electron chi connectivity index (χ3n) is 3.14. The Hall–Kier alpha value is -0.773. The summed E-state index contributed by atoms with van der Waals surface area (Å²) < 4.78 is 5.24. The molecule has 2 aromatic carbocycles. The zero-order chi connectivity index (χ0) is 14.7. The number of benzene rings is 2. The molecule has 1 unspecified atom stereocenters. The van der Waals surface area contributed by atoms with E-state index in [-0.39, 0.29) is 34.4 Å². The Morgan fingerprint density at radius 3 is 2.29 bits per heavy atom. The Labute approximate surface area is 145 Å².